The summed E-state index contributed by atoms with van der Waals surface area (Å²) in [5.74, 6) is 1.10. The summed E-state index contributed by atoms with van der Waals surface area (Å²) in [6.07, 6.45) is 0. The molecular formula is C28H28N2O3S. The number of hydrogen-bond acceptors (Lipinski definition) is 5. The molecule has 0 aliphatic heterocycles. The first-order valence-corrected chi connectivity index (χ1v) is 12.1. The molecular weight excluding hydrogens is 444 g/mol. The van der Waals surface area contributed by atoms with Crippen molar-refractivity contribution < 1.29 is 14.3 Å². The van der Waals surface area contributed by atoms with Crippen molar-refractivity contribution in [3.05, 3.63) is 101 Å². The van der Waals surface area contributed by atoms with Crippen LogP contribution in [0, 0.1) is 6.92 Å². The largest absolute Gasteiger partial charge is 0.485 e. The van der Waals surface area contributed by atoms with Crippen LogP contribution in [0.4, 0.5) is 0 Å². The Hall–Kier alpha value is -3.64. The van der Waals surface area contributed by atoms with Gasteiger partial charge in [-0.3, -0.25) is 4.79 Å². The first-order valence-electron chi connectivity index (χ1n) is 11.3. The maximum atomic E-state index is 12.8. The van der Waals surface area contributed by atoms with Gasteiger partial charge in [0.1, 0.15) is 18.9 Å². The van der Waals surface area contributed by atoms with Gasteiger partial charge < -0.3 is 14.8 Å². The fourth-order valence-corrected chi connectivity index (χ4v) is 4.37. The summed E-state index contributed by atoms with van der Waals surface area (Å²) >= 11 is 1.49. The van der Waals surface area contributed by atoms with E-state index >= 15 is 0 Å². The Balaban J connectivity index is 1.64. The van der Waals surface area contributed by atoms with Crippen LogP contribution in [0.5, 0.6) is 11.5 Å². The Morgan fingerprint density at radius 1 is 0.882 bits per heavy atom. The van der Waals surface area contributed by atoms with Gasteiger partial charge in [0, 0.05) is 6.04 Å². The van der Waals surface area contributed by atoms with E-state index in [-0.39, 0.29) is 11.9 Å². The highest BCUT2D eigenvalue weighted by Crippen LogP contribution is 2.37. The number of ether oxygens (including phenoxy) is 2. The highest BCUT2D eigenvalue weighted by atomic mass is 32.1. The van der Waals surface area contributed by atoms with Crippen LogP contribution in [-0.4, -0.2) is 16.9 Å². The third-order valence-electron chi connectivity index (χ3n) is 5.05. The SMILES string of the molecule is Cc1nc(C(=O)NC(C)C)c(-c2ccc(OCc3ccccc3)c(OCc3ccccc3)c2)s1. The number of nitrogens with zero attached hydrogens (tertiary/aromatic N) is 1. The molecule has 0 atom stereocenters. The quantitative estimate of drug-likeness (QED) is 0.306. The average Bonchev–Trinajstić information content (AvgIpc) is 3.24. The molecule has 0 saturated heterocycles. The minimum atomic E-state index is -0.175. The molecule has 4 rings (SSSR count). The number of rotatable bonds is 9. The van der Waals surface area contributed by atoms with Crippen LogP contribution in [0.2, 0.25) is 0 Å². The summed E-state index contributed by atoms with van der Waals surface area (Å²) < 4.78 is 12.3. The molecule has 1 amide bonds. The molecule has 3 aromatic carbocycles. The highest BCUT2D eigenvalue weighted by molar-refractivity contribution is 7.15. The van der Waals surface area contributed by atoms with Gasteiger partial charge in [0.25, 0.3) is 5.91 Å². The van der Waals surface area contributed by atoms with Crippen molar-refractivity contribution in [3.8, 4) is 21.9 Å². The van der Waals surface area contributed by atoms with Crippen LogP contribution < -0.4 is 14.8 Å². The molecule has 0 aliphatic rings. The van der Waals surface area contributed by atoms with Gasteiger partial charge in [-0.2, -0.15) is 0 Å². The maximum Gasteiger partial charge on any atom is 0.271 e. The molecule has 6 heteroatoms. The molecule has 34 heavy (non-hydrogen) atoms. The summed E-state index contributed by atoms with van der Waals surface area (Å²) in [4.78, 5) is 18.1. The molecule has 5 nitrogen and oxygen atoms in total. The van der Waals surface area contributed by atoms with E-state index in [1.807, 2.05) is 99.6 Å². The molecule has 1 heterocycles. The fourth-order valence-electron chi connectivity index (χ4n) is 3.46. The van der Waals surface area contributed by atoms with Crippen LogP contribution in [0.3, 0.4) is 0 Å². The van der Waals surface area contributed by atoms with Gasteiger partial charge in [-0.05, 0) is 55.7 Å². The Labute approximate surface area is 204 Å². The van der Waals surface area contributed by atoms with E-state index in [1.165, 1.54) is 11.3 Å². The molecule has 0 bridgehead atoms. The lowest BCUT2D eigenvalue weighted by Gasteiger charge is -2.15. The summed E-state index contributed by atoms with van der Waals surface area (Å²) in [5, 5.41) is 3.78. The Bertz CT molecular complexity index is 1240. The van der Waals surface area contributed by atoms with Gasteiger partial charge >= 0.3 is 0 Å². The van der Waals surface area contributed by atoms with E-state index in [9.17, 15) is 4.79 Å². The maximum absolute atomic E-state index is 12.8. The summed E-state index contributed by atoms with van der Waals surface area (Å²) in [5.41, 5.74) is 3.44. The molecule has 4 aromatic rings. The zero-order valence-electron chi connectivity index (χ0n) is 19.6. The number of benzene rings is 3. The van der Waals surface area contributed by atoms with Crippen molar-refractivity contribution in [1.29, 1.82) is 0 Å². The zero-order chi connectivity index (χ0) is 23.9. The van der Waals surface area contributed by atoms with Crippen LogP contribution in [0.25, 0.3) is 10.4 Å². The van der Waals surface area contributed by atoms with Crippen LogP contribution >= 0.6 is 11.3 Å². The molecule has 1 N–H and O–H groups in total. The predicted molar refractivity (Wildman–Crippen MR) is 136 cm³/mol. The molecule has 0 fully saturated rings. The molecule has 0 unspecified atom stereocenters. The molecule has 0 radical (unpaired) electrons. The average molecular weight is 473 g/mol. The number of aromatic nitrogens is 1. The van der Waals surface area contributed by atoms with E-state index in [4.69, 9.17) is 9.47 Å². The van der Waals surface area contributed by atoms with Crippen molar-refractivity contribution in [3.63, 3.8) is 0 Å². The summed E-state index contributed by atoms with van der Waals surface area (Å²) in [6.45, 7) is 6.62. The highest BCUT2D eigenvalue weighted by Gasteiger charge is 2.20. The van der Waals surface area contributed by atoms with Gasteiger partial charge in [-0.1, -0.05) is 60.7 Å². The van der Waals surface area contributed by atoms with E-state index in [2.05, 4.69) is 10.3 Å². The molecule has 0 spiro atoms. The smallest absolute Gasteiger partial charge is 0.271 e. The van der Waals surface area contributed by atoms with E-state index in [0.29, 0.717) is 30.4 Å². The number of nitrogens with one attached hydrogen (secondary N) is 1. The van der Waals surface area contributed by atoms with Crippen LogP contribution in [0.15, 0.2) is 78.9 Å². The number of thiazole rings is 1. The van der Waals surface area contributed by atoms with Crippen molar-refractivity contribution >= 4 is 17.2 Å². The van der Waals surface area contributed by atoms with Crippen molar-refractivity contribution in [2.45, 2.75) is 40.0 Å². The molecule has 1 aromatic heterocycles. The first-order chi connectivity index (χ1) is 16.5. The lowest BCUT2D eigenvalue weighted by molar-refractivity contribution is 0.0939. The molecule has 174 valence electrons. The number of amides is 1. The van der Waals surface area contributed by atoms with Gasteiger partial charge in [0.05, 0.1) is 9.88 Å². The Kier molecular flexibility index (Phi) is 7.60. The van der Waals surface area contributed by atoms with Crippen molar-refractivity contribution in [2.75, 3.05) is 0 Å². The summed E-state index contributed by atoms with van der Waals surface area (Å²) in [7, 11) is 0. The standard InChI is InChI=1S/C28H28N2O3S/c1-19(2)29-28(31)26-27(34-20(3)30-26)23-14-15-24(32-17-21-10-6-4-7-11-21)25(16-23)33-18-22-12-8-5-9-13-22/h4-16,19H,17-18H2,1-3H3,(H,29,31). The molecule has 0 saturated carbocycles. The zero-order valence-corrected chi connectivity index (χ0v) is 20.4. The second-order valence-corrected chi connectivity index (χ2v) is 9.45. The monoisotopic (exact) mass is 472 g/mol. The van der Waals surface area contributed by atoms with Crippen molar-refractivity contribution in [2.24, 2.45) is 0 Å². The van der Waals surface area contributed by atoms with E-state index in [0.717, 1.165) is 26.6 Å². The molecule has 0 aliphatic carbocycles. The van der Waals surface area contributed by atoms with E-state index < -0.39 is 0 Å². The Morgan fingerprint density at radius 2 is 1.47 bits per heavy atom. The topological polar surface area (TPSA) is 60.5 Å². The second-order valence-electron chi connectivity index (χ2n) is 8.25. The normalized spacial score (nSPS) is 10.8. The van der Waals surface area contributed by atoms with Crippen LogP contribution in [-0.2, 0) is 13.2 Å². The minimum absolute atomic E-state index is 0.0286. The number of carbonyl (C=O) groups is 1. The van der Waals surface area contributed by atoms with Gasteiger partial charge in [0.2, 0.25) is 0 Å². The Morgan fingerprint density at radius 3 is 2.06 bits per heavy atom. The first kappa shape index (κ1) is 23.5. The third-order valence-corrected chi connectivity index (χ3v) is 6.07. The third kappa shape index (κ3) is 6.02. The van der Waals surface area contributed by atoms with Crippen LogP contribution in [0.1, 0.15) is 40.5 Å². The predicted octanol–water partition coefficient (Wildman–Crippen LogP) is 6.41. The number of carbonyl (C=O) groups excluding carboxylic acids is 1. The van der Waals surface area contributed by atoms with Gasteiger partial charge in [-0.15, -0.1) is 11.3 Å². The number of aryl methyl sites for hydroxylation is 1. The fraction of sp³-hybridized carbons (Fsp3) is 0.214. The second kappa shape index (κ2) is 11.0. The minimum Gasteiger partial charge on any atom is -0.485 e. The van der Waals surface area contributed by atoms with Gasteiger partial charge in [0.15, 0.2) is 11.5 Å². The lowest BCUT2D eigenvalue weighted by Crippen LogP contribution is -2.30. The van der Waals surface area contributed by atoms with Gasteiger partial charge in [-0.25, -0.2) is 4.98 Å². The van der Waals surface area contributed by atoms with E-state index in [1.54, 1.807) is 0 Å². The summed E-state index contributed by atoms with van der Waals surface area (Å²) in [6, 6.07) is 25.8. The number of hydrogen-bond donors (Lipinski definition) is 1. The lowest BCUT2D eigenvalue weighted by atomic mass is 10.1. The van der Waals surface area contributed by atoms with Crippen molar-refractivity contribution in [1.82, 2.24) is 10.3 Å².